The van der Waals surface area contributed by atoms with Gasteiger partial charge in [-0.05, 0) is 0 Å². The van der Waals surface area contributed by atoms with Crippen molar-refractivity contribution in [2.24, 2.45) is 12.8 Å². The van der Waals surface area contributed by atoms with Crippen molar-refractivity contribution in [3.8, 4) is 0 Å². The van der Waals surface area contributed by atoms with Crippen molar-refractivity contribution in [1.82, 2.24) is 9.55 Å². The summed E-state index contributed by atoms with van der Waals surface area (Å²) in [5.74, 6) is 1.61. The van der Waals surface area contributed by atoms with Crippen molar-refractivity contribution >= 4 is 29.3 Å². The number of halogens is 1. The van der Waals surface area contributed by atoms with Crippen LogP contribution in [0.2, 0.25) is 5.15 Å². The van der Waals surface area contributed by atoms with Crippen LogP contribution in [-0.4, -0.2) is 34.4 Å². The Balaban J connectivity index is 2.36. The Morgan fingerprint density at radius 1 is 1.81 bits per heavy atom. The molecule has 0 fully saturated rings. The van der Waals surface area contributed by atoms with Gasteiger partial charge in [-0.25, -0.2) is 4.98 Å². The smallest absolute Gasteiger partial charge is 0.323 e. The van der Waals surface area contributed by atoms with E-state index < -0.39 is 12.0 Å². The molecular formula is C9H14ClN3O2S. The van der Waals surface area contributed by atoms with Gasteiger partial charge in [0.15, 0.2) is 0 Å². The second kappa shape index (κ2) is 6.12. The van der Waals surface area contributed by atoms with Gasteiger partial charge >= 0.3 is 5.97 Å². The molecule has 1 aromatic heterocycles. The van der Waals surface area contributed by atoms with E-state index >= 15 is 0 Å². The number of carbonyl (C=O) groups is 1. The van der Waals surface area contributed by atoms with Gasteiger partial charge in [-0.3, -0.25) is 4.79 Å². The lowest BCUT2D eigenvalue weighted by Crippen LogP contribution is -2.33. The fourth-order valence-electron chi connectivity index (χ4n) is 1.05. The molecule has 0 saturated carbocycles. The first-order valence-electron chi connectivity index (χ1n) is 4.63. The molecule has 1 heterocycles. The van der Waals surface area contributed by atoms with E-state index in [-0.39, 0.29) is 0 Å². The van der Waals surface area contributed by atoms with Gasteiger partial charge in [0.25, 0.3) is 0 Å². The van der Waals surface area contributed by atoms with Crippen molar-refractivity contribution in [2.45, 2.75) is 11.8 Å². The number of nitrogens with two attached hydrogens (primary N) is 1. The number of hydrogen-bond acceptors (Lipinski definition) is 5. The summed E-state index contributed by atoms with van der Waals surface area (Å²) < 4.78 is 6.31. The topological polar surface area (TPSA) is 70.1 Å². The maximum atomic E-state index is 11.0. The number of imidazole rings is 1. The molecule has 90 valence electrons. The van der Waals surface area contributed by atoms with Crippen LogP contribution in [-0.2, 0) is 22.3 Å². The van der Waals surface area contributed by atoms with Crippen LogP contribution in [0, 0.1) is 0 Å². The zero-order chi connectivity index (χ0) is 12.1. The second-order valence-corrected chi connectivity index (χ2v) is 4.62. The van der Waals surface area contributed by atoms with Crippen LogP contribution in [0.3, 0.4) is 0 Å². The van der Waals surface area contributed by atoms with Crippen molar-refractivity contribution in [2.75, 3.05) is 12.9 Å². The summed E-state index contributed by atoms with van der Waals surface area (Å²) in [6.45, 7) is 0. The Hall–Kier alpha value is -0.720. The Morgan fingerprint density at radius 2 is 2.50 bits per heavy atom. The van der Waals surface area contributed by atoms with Crippen LogP contribution in [0.1, 0.15) is 5.82 Å². The fourth-order valence-corrected chi connectivity index (χ4v) is 2.16. The molecule has 2 N–H and O–H groups in total. The van der Waals surface area contributed by atoms with Gasteiger partial charge in [0.2, 0.25) is 0 Å². The molecule has 0 bridgehead atoms. The van der Waals surface area contributed by atoms with Crippen LogP contribution >= 0.6 is 23.4 Å². The third-order valence-electron chi connectivity index (χ3n) is 2.06. The van der Waals surface area contributed by atoms with E-state index in [2.05, 4.69) is 9.72 Å². The van der Waals surface area contributed by atoms with Gasteiger partial charge in [-0.1, -0.05) is 11.6 Å². The fraction of sp³-hybridized carbons (Fsp3) is 0.556. The predicted octanol–water partition coefficient (Wildman–Crippen LogP) is 0.807. The zero-order valence-electron chi connectivity index (χ0n) is 9.14. The van der Waals surface area contributed by atoms with E-state index in [1.807, 2.05) is 7.05 Å². The molecule has 0 aliphatic rings. The van der Waals surface area contributed by atoms with Crippen LogP contribution in [0.4, 0.5) is 0 Å². The third kappa shape index (κ3) is 3.40. The number of aromatic nitrogens is 2. The number of thioether (sulfide) groups is 1. The molecule has 0 spiro atoms. The minimum atomic E-state index is -0.592. The first-order valence-corrected chi connectivity index (χ1v) is 6.16. The quantitative estimate of drug-likeness (QED) is 0.796. The Morgan fingerprint density at radius 3 is 3.00 bits per heavy atom. The normalized spacial score (nSPS) is 12.5. The van der Waals surface area contributed by atoms with E-state index in [9.17, 15) is 4.79 Å². The van der Waals surface area contributed by atoms with Gasteiger partial charge in [0.1, 0.15) is 17.0 Å². The number of rotatable bonds is 5. The summed E-state index contributed by atoms with van der Waals surface area (Å²) in [4.78, 5) is 15.2. The lowest BCUT2D eigenvalue weighted by molar-refractivity contribution is -0.141. The number of hydrogen-bond donors (Lipinski definition) is 1. The van der Waals surface area contributed by atoms with Gasteiger partial charge < -0.3 is 15.0 Å². The molecule has 0 saturated heterocycles. The number of carbonyl (C=O) groups excluding carboxylic acids is 1. The van der Waals surface area contributed by atoms with Crippen LogP contribution in [0.15, 0.2) is 6.20 Å². The molecule has 1 rings (SSSR count). The Kier molecular flexibility index (Phi) is 5.11. The number of esters is 1. The minimum absolute atomic E-state index is 0.398. The second-order valence-electron chi connectivity index (χ2n) is 3.20. The largest absolute Gasteiger partial charge is 0.468 e. The summed E-state index contributed by atoms with van der Waals surface area (Å²) in [5.41, 5.74) is 5.59. The Labute approximate surface area is 103 Å². The maximum absolute atomic E-state index is 11.0. The summed E-state index contributed by atoms with van der Waals surface area (Å²) >= 11 is 7.35. The molecule has 0 amide bonds. The van der Waals surface area contributed by atoms with Crippen molar-refractivity contribution in [1.29, 1.82) is 0 Å². The summed E-state index contributed by atoms with van der Waals surface area (Å²) in [7, 11) is 3.16. The van der Waals surface area contributed by atoms with Crippen LogP contribution in [0.25, 0.3) is 0 Å². The van der Waals surface area contributed by atoms with Crippen molar-refractivity contribution in [3.63, 3.8) is 0 Å². The van der Waals surface area contributed by atoms with Gasteiger partial charge in [0, 0.05) is 12.8 Å². The third-order valence-corrected chi connectivity index (χ3v) is 3.47. The SMILES string of the molecule is COC(=O)C(N)CSCc1ncc(Cl)n1C. The number of methoxy groups -OCH3 is 1. The molecule has 1 aromatic rings. The van der Waals surface area contributed by atoms with Gasteiger partial charge in [-0.15, -0.1) is 0 Å². The molecular weight excluding hydrogens is 250 g/mol. The van der Waals surface area contributed by atoms with E-state index in [1.54, 1.807) is 10.8 Å². The number of nitrogens with zero attached hydrogens (tertiary/aromatic N) is 2. The highest BCUT2D eigenvalue weighted by molar-refractivity contribution is 7.98. The zero-order valence-corrected chi connectivity index (χ0v) is 10.7. The maximum Gasteiger partial charge on any atom is 0.323 e. The highest BCUT2D eigenvalue weighted by Crippen LogP contribution is 2.15. The Bertz CT molecular complexity index is 370. The first kappa shape index (κ1) is 13.3. The molecule has 7 heteroatoms. The predicted molar refractivity (Wildman–Crippen MR) is 64.4 cm³/mol. The molecule has 0 aliphatic heterocycles. The van der Waals surface area contributed by atoms with Gasteiger partial charge in [-0.2, -0.15) is 11.8 Å². The summed E-state index contributed by atoms with van der Waals surface area (Å²) in [5, 5.41) is 0.591. The van der Waals surface area contributed by atoms with E-state index in [0.29, 0.717) is 16.7 Å². The summed E-state index contributed by atoms with van der Waals surface area (Å²) in [6.07, 6.45) is 1.59. The number of ether oxygens (including phenoxy) is 1. The molecule has 16 heavy (non-hydrogen) atoms. The van der Waals surface area contributed by atoms with E-state index in [1.165, 1.54) is 18.9 Å². The summed E-state index contributed by atoms with van der Waals surface area (Å²) in [6, 6.07) is -0.592. The molecule has 5 nitrogen and oxygen atoms in total. The van der Waals surface area contributed by atoms with Crippen LogP contribution < -0.4 is 5.73 Å². The average molecular weight is 264 g/mol. The molecule has 1 unspecified atom stereocenters. The van der Waals surface area contributed by atoms with Gasteiger partial charge in [0.05, 0.1) is 19.1 Å². The lowest BCUT2D eigenvalue weighted by Gasteiger charge is -2.08. The highest BCUT2D eigenvalue weighted by Gasteiger charge is 2.14. The molecule has 0 radical (unpaired) electrons. The standard InChI is InChI=1S/C9H14ClN3O2S/c1-13-7(10)3-12-8(13)5-16-4-6(11)9(14)15-2/h3,6H,4-5,11H2,1-2H3. The van der Waals surface area contributed by atoms with Crippen LogP contribution in [0.5, 0.6) is 0 Å². The monoisotopic (exact) mass is 263 g/mol. The first-order chi connectivity index (χ1) is 7.56. The molecule has 0 aliphatic carbocycles. The van der Waals surface area contributed by atoms with E-state index in [4.69, 9.17) is 17.3 Å². The van der Waals surface area contributed by atoms with E-state index in [0.717, 1.165) is 5.82 Å². The minimum Gasteiger partial charge on any atom is -0.468 e. The van der Waals surface area contributed by atoms with Crippen molar-refractivity contribution in [3.05, 3.63) is 17.2 Å². The highest BCUT2D eigenvalue weighted by atomic mass is 35.5. The average Bonchev–Trinajstić information content (AvgIpc) is 2.59. The molecule has 0 aromatic carbocycles. The van der Waals surface area contributed by atoms with Crippen molar-refractivity contribution < 1.29 is 9.53 Å². The lowest BCUT2D eigenvalue weighted by atomic mass is 10.4. The molecule has 1 atom stereocenters.